The summed E-state index contributed by atoms with van der Waals surface area (Å²) in [4.78, 5) is 29.7. The Bertz CT molecular complexity index is 1210. The van der Waals surface area contributed by atoms with E-state index in [1.165, 1.54) is 30.5 Å². The van der Waals surface area contributed by atoms with Crippen LogP contribution in [0.2, 0.25) is 0 Å². The highest BCUT2D eigenvalue weighted by Gasteiger charge is 2.57. The molecule has 4 rings (SSSR count). The summed E-state index contributed by atoms with van der Waals surface area (Å²) in [5.41, 5.74) is 8.98. The second kappa shape index (κ2) is 7.88. The van der Waals surface area contributed by atoms with E-state index >= 15 is 4.39 Å². The maximum Gasteiger partial charge on any atom is 0.247 e. The van der Waals surface area contributed by atoms with E-state index in [0.717, 1.165) is 29.2 Å². The number of halogens is 3. The van der Waals surface area contributed by atoms with Crippen LogP contribution in [0.3, 0.4) is 0 Å². The minimum atomic E-state index is -1.53. The molecular weight excluding hydrogens is 425 g/mol. The SMILES string of the molecule is NC(=O)C1(C(=O)N(c2ccc(F)cc2)c2ccc(Oc3ccnc(N)c3)c(F)c2F)CC1. The topological polar surface area (TPSA) is 112 Å². The van der Waals surface area contributed by atoms with Gasteiger partial charge in [-0.25, -0.2) is 13.8 Å². The van der Waals surface area contributed by atoms with Crippen molar-refractivity contribution >= 4 is 29.0 Å². The van der Waals surface area contributed by atoms with E-state index in [1.807, 2.05) is 0 Å². The molecule has 0 saturated heterocycles. The number of ether oxygens (including phenoxy) is 1. The van der Waals surface area contributed by atoms with Crippen LogP contribution in [0.1, 0.15) is 12.8 Å². The standard InChI is InChI=1S/C22H17F3N4O3/c23-12-1-3-13(4-2-12)29(21(31)22(8-9-22)20(27)30)15-5-6-16(19(25)18(15)24)32-14-7-10-28-17(26)11-14/h1-7,10-11H,8-9H2,(H2,26,28)(H2,27,30). The summed E-state index contributed by atoms with van der Waals surface area (Å²) in [5.74, 6) is -5.28. The molecule has 0 unspecified atom stereocenters. The monoisotopic (exact) mass is 442 g/mol. The van der Waals surface area contributed by atoms with Crippen LogP contribution in [-0.4, -0.2) is 16.8 Å². The van der Waals surface area contributed by atoms with Crippen LogP contribution in [0.5, 0.6) is 11.5 Å². The number of carbonyl (C=O) groups excluding carboxylic acids is 2. The van der Waals surface area contributed by atoms with E-state index in [-0.39, 0.29) is 30.1 Å². The zero-order chi connectivity index (χ0) is 23.0. The molecule has 0 spiro atoms. The Labute approximate surface area is 180 Å². The van der Waals surface area contributed by atoms with Gasteiger partial charge in [-0.05, 0) is 55.3 Å². The molecule has 0 bridgehead atoms. The molecule has 2 amide bonds. The van der Waals surface area contributed by atoms with Crippen molar-refractivity contribution in [1.29, 1.82) is 0 Å². The number of amides is 2. The van der Waals surface area contributed by atoms with Gasteiger partial charge >= 0.3 is 0 Å². The summed E-state index contributed by atoms with van der Waals surface area (Å²) in [6.45, 7) is 0. The van der Waals surface area contributed by atoms with Gasteiger partial charge in [0, 0.05) is 18.0 Å². The third-order valence-corrected chi connectivity index (χ3v) is 5.17. The molecule has 2 aromatic carbocycles. The van der Waals surface area contributed by atoms with Gasteiger partial charge < -0.3 is 16.2 Å². The molecule has 164 valence electrons. The summed E-state index contributed by atoms with van der Waals surface area (Å²) >= 11 is 0. The Morgan fingerprint density at radius 3 is 2.28 bits per heavy atom. The highest BCUT2D eigenvalue weighted by molar-refractivity contribution is 6.16. The van der Waals surface area contributed by atoms with Gasteiger partial charge in [0.15, 0.2) is 11.6 Å². The number of rotatable bonds is 6. The number of nitrogens with two attached hydrogens (primary N) is 2. The number of nitrogen functional groups attached to an aromatic ring is 1. The molecule has 3 aromatic rings. The number of nitrogens with zero attached hydrogens (tertiary/aromatic N) is 2. The summed E-state index contributed by atoms with van der Waals surface area (Å²) in [7, 11) is 0. The van der Waals surface area contributed by atoms with Gasteiger partial charge in [-0.15, -0.1) is 0 Å². The predicted molar refractivity (Wildman–Crippen MR) is 109 cm³/mol. The average molecular weight is 442 g/mol. The molecule has 32 heavy (non-hydrogen) atoms. The fourth-order valence-electron chi connectivity index (χ4n) is 3.25. The van der Waals surface area contributed by atoms with Crippen molar-refractivity contribution in [1.82, 2.24) is 4.98 Å². The first kappa shape index (κ1) is 21.2. The summed E-state index contributed by atoms with van der Waals surface area (Å²) in [6.07, 6.45) is 1.68. The molecule has 1 saturated carbocycles. The van der Waals surface area contributed by atoms with Crippen molar-refractivity contribution in [2.45, 2.75) is 12.8 Å². The lowest BCUT2D eigenvalue weighted by Crippen LogP contribution is -2.41. The molecule has 7 nitrogen and oxygen atoms in total. The predicted octanol–water partition coefficient (Wildman–Crippen LogP) is 3.80. The lowest BCUT2D eigenvalue weighted by molar-refractivity contribution is -0.133. The van der Waals surface area contributed by atoms with E-state index in [4.69, 9.17) is 16.2 Å². The Balaban J connectivity index is 1.77. The molecule has 0 aliphatic heterocycles. The molecule has 0 radical (unpaired) electrons. The molecule has 0 atom stereocenters. The van der Waals surface area contributed by atoms with Crippen molar-refractivity contribution < 1.29 is 27.5 Å². The smallest absolute Gasteiger partial charge is 0.247 e. The molecule has 4 N–H and O–H groups in total. The van der Waals surface area contributed by atoms with Gasteiger partial charge in [0.1, 0.15) is 22.8 Å². The molecule has 10 heteroatoms. The van der Waals surface area contributed by atoms with Gasteiger partial charge in [0.25, 0.3) is 0 Å². The van der Waals surface area contributed by atoms with Crippen LogP contribution in [0, 0.1) is 22.9 Å². The third kappa shape index (κ3) is 3.70. The number of pyridine rings is 1. The summed E-state index contributed by atoms with van der Waals surface area (Å²) in [5, 5.41) is 0. The Morgan fingerprint density at radius 2 is 1.69 bits per heavy atom. The Kier molecular flexibility index (Phi) is 5.21. The number of hydrogen-bond acceptors (Lipinski definition) is 5. The van der Waals surface area contributed by atoms with Gasteiger partial charge in [0.05, 0.1) is 5.69 Å². The van der Waals surface area contributed by atoms with Crippen molar-refractivity contribution in [2.75, 3.05) is 10.6 Å². The largest absolute Gasteiger partial charge is 0.454 e. The van der Waals surface area contributed by atoms with Gasteiger partial charge in [-0.1, -0.05) is 0 Å². The van der Waals surface area contributed by atoms with Crippen LogP contribution < -0.4 is 21.1 Å². The van der Waals surface area contributed by atoms with Crippen LogP contribution in [0.25, 0.3) is 0 Å². The van der Waals surface area contributed by atoms with Gasteiger partial charge in [-0.3, -0.25) is 14.5 Å². The summed E-state index contributed by atoms with van der Waals surface area (Å²) < 4.78 is 48.8. The fraction of sp³-hybridized carbons (Fsp3) is 0.136. The molecule has 1 fully saturated rings. The molecule has 1 aromatic heterocycles. The quantitative estimate of drug-likeness (QED) is 0.564. The van der Waals surface area contributed by atoms with Crippen molar-refractivity contribution in [3.8, 4) is 11.5 Å². The first-order chi connectivity index (χ1) is 15.2. The number of carbonyl (C=O) groups is 2. The molecule has 1 aliphatic carbocycles. The Morgan fingerprint density at radius 1 is 1.00 bits per heavy atom. The zero-order valence-corrected chi connectivity index (χ0v) is 16.5. The average Bonchev–Trinajstić information content (AvgIpc) is 3.57. The van der Waals surface area contributed by atoms with Crippen LogP contribution in [0.4, 0.5) is 30.4 Å². The van der Waals surface area contributed by atoms with Crippen molar-refractivity contribution in [2.24, 2.45) is 11.1 Å². The first-order valence-electron chi connectivity index (χ1n) is 9.50. The second-order valence-corrected chi connectivity index (χ2v) is 7.29. The normalized spacial score (nSPS) is 14.0. The minimum Gasteiger partial charge on any atom is -0.454 e. The molecular formula is C22H17F3N4O3. The summed E-state index contributed by atoms with van der Waals surface area (Å²) in [6, 6.07) is 9.51. The molecule has 1 heterocycles. The Hall–Kier alpha value is -4.08. The number of benzene rings is 2. The maximum atomic E-state index is 15.2. The highest BCUT2D eigenvalue weighted by Crippen LogP contribution is 2.49. The third-order valence-electron chi connectivity index (χ3n) is 5.17. The van der Waals surface area contributed by atoms with E-state index in [0.29, 0.717) is 0 Å². The minimum absolute atomic E-state index is 0.0396. The van der Waals surface area contributed by atoms with E-state index in [1.54, 1.807) is 0 Å². The highest BCUT2D eigenvalue weighted by atomic mass is 19.2. The zero-order valence-electron chi connectivity index (χ0n) is 16.5. The van der Waals surface area contributed by atoms with Gasteiger partial charge in [0.2, 0.25) is 17.6 Å². The fourth-order valence-corrected chi connectivity index (χ4v) is 3.25. The van der Waals surface area contributed by atoms with E-state index in [2.05, 4.69) is 4.98 Å². The second-order valence-electron chi connectivity index (χ2n) is 7.29. The maximum absolute atomic E-state index is 15.2. The number of aromatic nitrogens is 1. The van der Waals surface area contributed by atoms with Crippen molar-refractivity contribution in [3.63, 3.8) is 0 Å². The molecule has 1 aliphatic rings. The van der Waals surface area contributed by atoms with E-state index < -0.39 is 46.1 Å². The van der Waals surface area contributed by atoms with Crippen LogP contribution in [-0.2, 0) is 9.59 Å². The van der Waals surface area contributed by atoms with E-state index in [9.17, 15) is 18.4 Å². The number of hydrogen-bond donors (Lipinski definition) is 2. The van der Waals surface area contributed by atoms with Gasteiger partial charge in [-0.2, -0.15) is 4.39 Å². The lowest BCUT2D eigenvalue weighted by Gasteiger charge is -2.27. The lowest BCUT2D eigenvalue weighted by atomic mass is 10.0. The van der Waals surface area contributed by atoms with Crippen LogP contribution in [0.15, 0.2) is 54.7 Å². The van der Waals surface area contributed by atoms with Crippen LogP contribution >= 0.6 is 0 Å². The first-order valence-corrected chi connectivity index (χ1v) is 9.50. The van der Waals surface area contributed by atoms with Crippen molar-refractivity contribution in [3.05, 3.63) is 72.2 Å². The number of anilines is 3. The number of primary amides is 1.